The average Bonchev–Trinajstić information content (AvgIpc) is 3.22. The van der Waals surface area contributed by atoms with E-state index in [0.29, 0.717) is 38.0 Å². The van der Waals surface area contributed by atoms with E-state index in [2.05, 4.69) is 11.1 Å². The lowest BCUT2D eigenvalue weighted by Gasteiger charge is -2.34. The van der Waals surface area contributed by atoms with E-state index in [9.17, 15) is 10.1 Å². The van der Waals surface area contributed by atoms with Gasteiger partial charge >= 0.3 is 0 Å². The Balaban J connectivity index is 1.45. The SMILES string of the molecule is Cc1ccccc1C(=O)N1CCN(c2oc(/C=C/c3ccccc3)nc2C#N)CC1. The van der Waals surface area contributed by atoms with Crippen molar-refractivity contribution in [2.24, 2.45) is 0 Å². The highest BCUT2D eigenvalue weighted by Crippen LogP contribution is 2.25. The minimum atomic E-state index is 0.0392. The van der Waals surface area contributed by atoms with Crippen LogP contribution in [0.5, 0.6) is 0 Å². The highest BCUT2D eigenvalue weighted by Gasteiger charge is 2.27. The maximum absolute atomic E-state index is 12.8. The second-order valence-electron chi connectivity index (χ2n) is 7.16. The molecule has 3 aromatic rings. The number of benzene rings is 2. The van der Waals surface area contributed by atoms with Gasteiger partial charge in [0.2, 0.25) is 17.5 Å². The van der Waals surface area contributed by atoms with Crippen molar-refractivity contribution in [3.8, 4) is 6.07 Å². The van der Waals surface area contributed by atoms with Crippen LogP contribution in [-0.4, -0.2) is 42.0 Å². The van der Waals surface area contributed by atoms with E-state index in [1.165, 1.54) is 0 Å². The van der Waals surface area contributed by atoms with Gasteiger partial charge < -0.3 is 14.2 Å². The molecule has 150 valence electrons. The molecule has 0 aliphatic carbocycles. The van der Waals surface area contributed by atoms with Crippen molar-refractivity contribution >= 4 is 23.9 Å². The van der Waals surface area contributed by atoms with E-state index in [1.807, 2.05) is 77.4 Å². The summed E-state index contributed by atoms with van der Waals surface area (Å²) in [6, 6.07) is 19.6. The third-order valence-corrected chi connectivity index (χ3v) is 5.18. The predicted octanol–water partition coefficient (Wildman–Crippen LogP) is 3.99. The maximum atomic E-state index is 12.8. The van der Waals surface area contributed by atoms with Crippen molar-refractivity contribution in [2.75, 3.05) is 31.1 Å². The number of oxazole rings is 1. The number of anilines is 1. The van der Waals surface area contributed by atoms with Crippen molar-refractivity contribution in [1.29, 1.82) is 5.26 Å². The first kappa shape index (κ1) is 19.5. The smallest absolute Gasteiger partial charge is 0.254 e. The van der Waals surface area contributed by atoms with E-state index >= 15 is 0 Å². The summed E-state index contributed by atoms with van der Waals surface area (Å²) < 4.78 is 5.87. The molecule has 4 rings (SSSR count). The Morgan fingerprint density at radius 3 is 2.43 bits per heavy atom. The predicted molar refractivity (Wildman–Crippen MR) is 116 cm³/mol. The number of carbonyl (C=O) groups excluding carboxylic acids is 1. The van der Waals surface area contributed by atoms with Gasteiger partial charge in [0, 0.05) is 37.8 Å². The van der Waals surface area contributed by atoms with Gasteiger partial charge in [0.1, 0.15) is 6.07 Å². The summed E-state index contributed by atoms with van der Waals surface area (Å²) in [5.74, 6) is 0.898. The summed E-state index contributed by atoms with van der Waals surface area (Å²) >= 11 is 0. The fraction of sp³-hybridized carbons (Fsp3) is 0.208. The van der Waals surface area contributed by atoms with E-state index < -0.39 is 0 Å². The summed E-state index contributed by atoms with van der Waals surface area (Å²) in [5.41, 5.74) is 3.00. The van der Waals surface area contributed by atoms with E-state index in [1.54, 1.807) is 6.08 Å². The number of hydrogen-bond acceptors (Lipinski definition) is 5. The van der Waals surface area contributed by atoms with Crippen LogP contribution in [0, 0.1) is 18.3 Å². The van der Waals surface area contributed by atoms with Crippen molar-refractivity contribution in [3.05, 3.63) is 82.9 Å². The Kier molecular flexibility index (Phi) is 5.62. The Morgan fingerprint density at radius 1 is 1.03 bits per heavy atom. The lowest BCUT2D eigenvalue weighted by atomic mass is 10.1. The Hall–Kier alpha value is -3.85. The fourth-order valence-electron chi connectivity index (χ4n) is 3.51. The minimum Gasteiger partial charge on any atom is -0.420 e. The zero-order valence-corrected chi connectivity index (χ0v) is 16.8. The summed E-state index contributed by atoms with van der Waals surface area (Å²) in [4.78, 5) is 20.9. The molecule has 0 unspecified atom stereocenters. The van der Waals surface area contributed by atoms with Crippen molar-refractivity contribution in [1.82, 2.24) is 9.88 Å². The summed E-state index contributed by atoms with van der Waals surface area (Å²) in [6.45, 7) is 4.25. The van der Waals surface area contributed by atoms with Crippen molar-refractivity contribution < 1.29 is 9.21 Å². The number of hydrogen-bond donors (Lipinski definition) is 0. The van der Waals surface area contributed by atoms with Crippen LogP contribution < -0.4 is 4.90 Å². The van der Waals surface area contributed by atoms with Gasteiger partial charge in [-0.2, -0.15) is 10.2 Å². The lowest BCUT2D eigenvalue weighted by molar-refractivity contribution is 0.0744. The third kappa shape index (κ3) is 4.11. The van der Waals surface area contributed by atoms with Gasteiger partial charge in [0.05, 0.1) is 0 Å². The molecule has 1 aliphatic rings. The third-order valence-electron chi connectivity index (χ3n) is 5.18. The molecule has 0 bridgehead atoms. The standard InChI is InChI=1S/C24H22N4O2/c1-18-7-5-6-10-20(18)23(29)27-13-15-28(16-14-27)24-21(17-25)26-22(30-24)12-11-19-8-3-2-4-9-19/h2-12H,13-16H2,1H3/b12-11+. The molecule has 2 aromatic carbocycles. The first-order chi connectivity index (χ1) is 14.7. The maximum Gasteiger partial charge on any atom is 0.254 e. The molecule has 1 aliphatic heterocycles. The minimum absolute atomic E-state index is 0.0392. The van der Waals surface area contributed by atoms with Gasteiger partial charge in [-0.1, -0.05) is 48.5 Å². The van der Waals surface area contributed by atoms with Crippen LogP contribution in [0.1, 0.15) is 33.1 Å². The number of nitriles is 1. The fourth-order valence-corrected chi connectivity index (χ4v) is 3.51. The highest BCUT2D eigenvalue weighted by molar-refractivity contribution is 5.95. The van der Waals surface area contributed by atoms with E-state index in [0.717, 1.165) is 16.7 Å². The van der Waals surface area contributed by atoms with Crippen LogP contribution >= 0.6 is 0 Å². The van der Waals surface area contributed by atoms with Gasteiger partial charge in [0.25, 0.3) is 5.91 Å². The molecule has 0 N–H and O–H groups in total. The molecule has 1 amide bonds. The van der Waals surface area contributed by atoms with Crippen LogP contribution in [-0.2, 0) is 0 Å². The molecule has 30 heavy (non-hydrogen) atoms. The van der Waals surface area contributed by atoms with Crippen LogP contribution in [0.15, 0.2) is 59.0 Å². The molecule has 0 spiro atoms. The van der Waals surface area contributed by atoms with Crippen LogP contribution in [0.4, 0.5) is 5.88 Å². The summed E-state index contributed by atoms with van der Waals surface area (Å²) in [5, 5.41) is 9.48. The average molecular weight is 398 g/mol. The number of amides is 1. The molecule has 1 aromatic heterocycles. The molecular formula is C24H22N4O2. The van der Waals surface area contributed by atoms with Gasteiger partial charge in [-0.15, -0.1) is 0 Å². The van der Waals surface area contributed by atoms with Crippen LogP contribution in [0.3, 0.4) is 0 Å². The monoisotopic (exact) mass is 398 g/mol. The van der Waals surface area contributed by atoms with E-state index in [4.69, 9.17) is 4.42 Å². The molecule has 2 heterocycles. The number of piperazine rings is 1. The Labute approximate surface area is 175 Å². The molecule has 0 radical (unpaired) electrons. The first-order valence-electron chi connectivity index (χ1n) is 9.89. The van der Waals surface area contributed by atoms with Gasteiger partial charge in [0.15, 0.2) is 0 Å². The summed E-state index contributed by atoms with van der Waals surface area (Å²) in [6.07, 6.45) is 3.66. The Morgan fingerprint density at radius 2 is 1.73 bits per heavy atom. The Bertz CT molecular complexity index is 1100. The van der Waals surface area contributed by atoms with Crippen LogP contribution in [0.25, 0.3) is 12.2 Å². The zero-order valence-electron chi connectivity index (χ0n) is 16.8. The van der Waals surface area contributed by atoms with Crippen molar-refractivity contribution in [2.45, 2.75) is 6.92 Å². The summed E-state index contributed by atoms with van der Waals surface area (Å²) in [7, 11) is 0. The number of rotatable bonds is 4. The number of aryl methyl sites for hydroxylation is 1. The quantitative estimate of drug-likeness (QED) is 0.664. The van der Waals surface area contributed by atoms with Gasteiger partial charge in [-0.25, -0.2) is 0 Å². The lowest BCUT2D eigenvalue weighted by Crippen LogP contribution is -2.49. The molecule has 1 fully saturated rings. The molecule has 6 nitrogen and oxygen atoms in total. The number of carbonyl (C=O) groups is 1. The van der Waals surface area contributed by atoms with E-state index in [-0.39, 0.29) is 11.6 Å². The highest BCUT2D eigenvalue weighted by atomic mass is 16.4. The molecule has 0 atom stereocenters. The topological polar surface area (TPSA) is 73.4 Å². The number of nitrogens with zero attached hydrogens (tertiary/aromatic N) is 4. The van der Waals surface area contributed by atoms with Crippen molar-refractivity contribution in [3.63, 3.8) is 0 Å². The number of aromatic nitrogens is 1. The molecule has 6 heteroatoms. The largest absolute Gasteiger partial charge is 0.420 e. The zero-order chi connectivity index (χ0) is 20.9. The molecular weight excluding hydrogens is 376 g/mol. The second-order valence-corrected chi connectivity index (χ2v) is 7.16. The molecule has 0 saturated carbocycles. The van der Waals surface area contributed by atoms with Gasteiger partial charge in [-0.05, 0) is 30.2 Å². The normalized spacial score (nSPS) is 14.1. The van der Waals surface area contributed by atoms with Gasteiger partial charge in [-0.3, -0.25) is 4.79 Å². The molecule has 1 saturated heterocycles. The second kappa shape index (κ2) is 8.66. The van der Waals surface area contributed by atoms with Crippen LogP contribution in [0.2, 0.25) is 0 Å². The first-order valence-corrected chi connectivity index (χ1v) is 9.89.